The Morgan fingerprint density at radius 1 is 1.03 bits per heavy atom. The largest absolute Gasteiger partial charge is 0.504 e. The Morgan fingerprint density at radius 3 is 2.45 bits per heavy atom. The van der Waals surface area contributed by atoms with Gasteiger partial charge in [-0.25, -0.2) is 5.43 Å². The highest BCUT2D eigenvalue weighted by Crippen LogP contribution is 2.32. The van der Waals surface area contributed by atoms with Gasteiger partial charge in [0.05, 0.1) is 18.9 Å². The zero-order valence-electron chi connectivity index (χ0n) is 16.2. The number of aromatic hydroxyl groups is 1. The molecule has 0 aliphatic rings. The average Bonchev–Trinajstić information content (AvgIpc) is 2.74. The number of hydrogen-bond acceptors (Lipinski definition) is 5. The van der Waals surface area contributed by atoms with Crippen LogP contribution in [0.2, 0.25) is 0 Å². The summed E-state index contributed by atoms with van der Waals surface area (Å²) >= 11 is 0. The molecule has 160 valence electrons. The second-order valence-electron chi connectivity index (χ2n) is 6.29. The number of amides is 1. The first-order chi connectivity index (χ1) is 14.8. The second-order valence-corrected chi connectivity index (χ2v) is 6.29. The Bertz CT molecular complexity index is 1110. The number of nitrogens with one attached hydrogen (secondary N) is 1. The number of methoxy groups -OCH3 is 1. The number of rotatable bonds is 6. The molecule has 0 aliphatic carbocycles. The molecule has 0 fully saturated rings. The van der Waals surface area contributed by atoms with E-state index >= 15 is 0 Å². The number of benzene rings is 3. The summed E-state index contributed by atoms with van der Waals surface area (Å²) in [5.74, 6) is -0.126. The van der Waals surface area contributed by atoms with E-state index in [1.54, 1.807) is 24.3 Å². The van der Waals surface area contributed by atoms with Crippen LogP contribution < -0.4 is 14.9 Å². The van der Waals surface area contributed by atoms with E-state index < -0.39 is 17.6 Å². The van der Waals surface area contributed by atoms with Crippen LogP contribution in [-0.4, -0.2) is 24.3 Å². The third kappa shape index (κ3) is 5.75. The Kier molecular flexibility index (Phi) is 6.44. The molecule has 0 unspecified atom stereocenters. The van der Waals surface area contributed by atoms with E-state index in [1.807, 2.05) is 0 Å². The fraction of sp³-hybridized carbons (Fsp3) is 0.0909. The molecule has 3 aromatic rings. The maximum absolute atomic E-state index is 12.8. The van der Waals surface area contributed by atoms with Crippen LogP contribution in [0.5, 0.6) is 23.0 Å². The van der Waals surface area contributed by atoms with E-state index in [2.05, 4.69) is 10.5 Å². The first-order valence-corrected chi connectivity index (χ1v) is 8.92. The number of alkyl halides is 3. The highest BCUT2D eigenvalue weighted by atomic mass is 19.4. The molecule has 9 heteroatoms. The molecule has 0 aliphatic heterocycles. The van der Waals surface area contributed by atoms with Crippen molar-refractivity contribution in [3.63, 3.8) is 0 Å². The van der Waals surface area contributed by atoms with Crippen molar-refractivity contribution in [1.82, 2.24) is 5.43 Å². The van der Waals surface area contributed by atoms with Crippen molar-refractivity contribution >= 4 is 12.1 Å². The number of carbonyl (C=O) groups is 1. The van der Waals surface area contributed by atoms with Crippen molar-refractivity contribution in [3.05, 3.63) is 83.4 Å². The molecule has 0 aromatic heterocycles. The Hall–Kier alpha value is -4.01. The van der Waals surface area contributed by atoms with Gasteiger partial charge in [0.2, 0.25) is 0 Å². The van der Waals surface area contributed by atoms with E-state index in [9.17, 15) is 23.1 Å². The molecule has 1 amide bonds. The van der Waals surface area contributed by atoms with E-state index in [0.29, 0.717) is 11.3 Å². The van der Waals surface area contributed by atoms with Gasteiger partial charge >= 0.3 is 6.18 Å². The van der Waals surface area contributed by atoms with Crippen molar-refractivity contribution in [2.24, 2.45) is 5.10 Å². The fourth-order valence-corrected chi connectivity index (χ4v) is 2.58. The molecule has 0 spiro atoms. The number of ether oxygens (including phenoxy) is 2. The quantitative estimate of drug-likeness (QED) is 0.427. The summed E-state index contributed by atoms with van der Waals surface area (Å²) in [6.45, 7) is 0. The van der Waals surface area contributed by atoms with Crippen LogP contribution in [0.25, 0.3) is 0 Å². The van der Waals surface area contributed by atoms with Gasteiger partial charge in [-0.15, -0.1) is 0 Å². The molecule has 0 saturated carbocycles. The van der Waals surface area contributed by atoms with Gasteiger partial charge < -0.3 is 14.6 Å². The standard InChI is InChI=1S/C22H17F3N2O4/c1-30-20-11-15(8-9-19(20)28)21(29)27-26-13-14-4-2-6-17(10-14)31-18-7-3-5-16(12-18)22(23,24)25/h2-13,28H,1H3,(H,27,29)/b26-13+. The molecule has 0 radical (unpaired) electrons. The van der Waals surface area contributed by atoms with Crippen molar-refractivity contribution in [2.75, 3.05) is 7.11 Å². The maximum atomic E-state index is 12.8. The molecule has 6 nitrogen and oxygen atoms in total. The van der Waals surface area contributed by atoms with Gasteiger partial charge in [-0.05, 0) is 54.1 Å². The van der Waals surface area contributed by atoms with Gasteiger partial charge in [-0.1, -0.05) is 18.2 Å². The van der Waals surface area contributed by atoms with Crippen molar-refractivity contribution in [3.8, 4) is 23.0 Å². The van der Waals surface area contributed by atoms with Gasteiger partial charge in [0, 0.05) is 5.56 Å². The van der Waals surface area contributed by atoms with Crippen LogP contribution in [-0.2, 0) is 6.18 Å². The minimum absolute atomic E-state index is 0.0403. The molecule has 0 saturated heterocycles. The van der Waals surface area contributed by atoms with Gasteiger partial charge in [-0.3, -0.25) is 4.79 Å². The number of phenols is 1. The summed E-state index contributed by atoms with van der Waals surface area (Å²) in [6.07, 6.45) is -3.11. The highest BCUT2D eigenvalue weighted by molar-refractivity contribution is 5.95. The predicted octanol–water partition coefficient (Wildman–Crippen LogP) is 4.98. The maximum Gasteiger partial charge on any atom is 0.416 e. The molecule has 0 atom stereocenters. The van der Waals surface area contributed by atoms with Crippen LogP contribution >= 0.6 is 0 Å². The topological polar surface area (TPSA) is 80.2 Å². The smallest absolute Gasteiger partial charge is 0.416 e. The van der Waals surface area contributed by atoms with E-state index in [-0.39, 0.29) is 22.8 Å². The lowest BCUT2D eigenvalue weighted by Gasteiger charge is -2.10. The van der Waals surface area contributed by atoms with Crippen molar-refractivity contribution in [2.45, 2.75) is 6.18 Å². The number of hydrogen-bond donors (Lipinski definition) is 2. The summed E-state index contributed by atoms with van der Waals surface area (Å²) in [5, 5.41) is 13.4. The third-order valence-electron chi connectivity index (χ3n) is 4.08. The average molecular weight is 430 g/mol. The van der Waals surface area contributed by atoms with Crippen molar-refractivity contribution < 1.29 is 32.5 Å². The monoisotopic (exact) mass is 430 g/mol. The van der Waals surface area contributed by atoms with Gasteiger partial charge in [-0.2, -0.15) is 18.3 Å². The molecule has 2 N–H and O–H groups in total. The number of hydrazone groups is 1. The molecular formula is C22H17F3N2O4. The Balaban J connectivity index is 1.67. The zero-order valence-corrected chi connectivity index (χ0v) is 16.2. The van der Waals surface area contributed by atoms with E-state index in [0.717, 1.165) is 12.1 Å². The minimum Gasteiger partial charge on any atom is -0.504 e. The molecule has 3 rings (SSSR count). The number of nitrogens with zero attached hydrogens (tertiary/aromatic N) is 1. The second kappa shape index (κ2) is 9.21. The first kappa shape index (κ1) is 21.7. The third-order valence-corrected chi connectivity index (χ3v) is 4.08. The Morgan fingerprint density at radius 2 is 1.74 bits per heavy atom. The molecule has 31 heavy (non-hydrogen) atoms. The Labute approximate surface area is 175 Å². The lowest BCUT2D eigenvalue weighted by atomic mass is 10.2. The first-order valence-electron chi connectivity index (χ1n) is 8.92. The number of phenolic OH excluding ortho intramolecular Hbond substituents is 1. The van der Waals surface area contributed by atoms with Crippen LogP contribution in [0.1, 0.15) is 21.5 Å². The van der Waals surface area contributed by atoms with E-state index in [1.165, 1.54) is 43.7 Å². The number of halogens is 3. The molecule has 3 aromatic carbocycles. The SMILES string of the molecule is COc1cc(C(=O)N/N=C/c2cccc(Oc3cccc(C(F)(F)F)c3)c2)ccc1O. The van der Waals surface area contributed by atoms with Crippen LogP contribution in [0.15, 0.2) is 71.8 Å². The zero-order chi connectivity index (χ0) is 22.4. The predicted molar refractivity (Wildman–Crippen MR) is 108 cm³/mol. The molecular weight excluding hydrogens is 413 g/mol. The summed E-state index contributed by atoms with van der Waals surface area (Å²) < 4.78 is 49.0. The fourth-order valence-electron chi connectivity index (χ4n) is 2.58. The highest BCUT2D eigenvalue weighted by Gasteiger charge is 2.30. The summed E-state index contributed by atoms with van der Waals surface area (Å²) in [5.41, 5.74) is 2.31. The lowest BCUT2D eigenvalue weighted by molar-refractivity contribution is -0.137. The minimum atomic E-state index is -4.46. The summed E-state index contributed by atoms with van der Waals surface area (Å²) in [4.78, 5) is 12.2. The summed E-state index contributed by atoms with van der Waals surface area (Å²) in [7, 11) is 1.36. The van der Waals surface area contributed by atoms with Crippen molar-refractivity contribution in [1.29, 1.82) is 0 Å². The van der Waals surface area contributed by atoms with Crippen LogP contribution in [0.3, 0.4) is 0 Å². The van der Waals surface area contributed by atoms with Crippen LogP contribution in [0, 0.1) is 0 Å². The van der Waals surface area contributed by atoms with Gasteiger partial charge in [0.15, 0.2) is 11.5 Å². The van der Waals surface area contributed by atoms with Gasteiger partial charge in [0.1, 0.15) is 11.5 Å². The molecule has 0 bridgehead atoms. The number of carbonyl (C=O) groups excluding carboxylic acids is 1. The normalized spacial score (nSPS) is 11.4. The summed E-state index contributed by atoms with van der Waals surface area (Å²) in [6, 6.07) is 15.1. The lowest BCUT2D eigenvalue weighted by Crippen LogP contribution is -2.17. The van der Waals surface area contributed by atoms with Gasteiger partial charge in [0.25, 0.3) is 5.91 Å². The van der Waals surface area contributed by atoms with E-state index in [4.69, 9.17) is 9.47 Å². The molecule has 0 heterocycles. The van der Waals surface area contributed by atoms with Crippen LogP contribution in [0.4, 0.5) is 13.2 Å².